The van der Waals surface area contributed by atoms with Gasteiger partial charge in [0, 0.05) is 8.95 Å². The molecule has 2 heterocycles. The molecule has 20 heavy (non-hydrogen) atoms. The Balaban J connectivity index is 2.16. The van der Waals surface area contributed by atoms with Crippen molar-refractivity contribution < 1.29 is 4.52 Å². The van der Waals surface area contributed by atoms with E-state index >= 15 is 0 Å². The Labute approximate surface area is 144 Å². The van der Waals surface area contributed by atoms with Gasteiger partial charge >= 0.3 is 0 Å². The molecule has 2 N–H and O–H groups in total. The molecule has 0 unspecified atom stereocenters. The van der Waals surface area contributed by atoms with Crippen LogP contribution in [-0.4, -0.2) is 5.16 Å². The highest BCUT2D eigenvalue weighted by Crippen LogP contribution is 2.43. The van der Waals surface area contributed by atoms with Crippen molar-refractivity contribution in [3.63, 3.8) is 0 Å². The van der Waals surface area contributed by atoms with Crippen molar-refractivity contribution in [3.8, 4) is 21.7 Å². The fourth-order valence-electron chi connectivity index (χ4n) is 1.83. The average Bonchev–Trinajstić information content (AvgIpc) is 2.95. The summed E-state index contributed by atoms with van der Waals surface area (Å²) >= 11 is 12.0. The smallest absolute Gasteiger partial charge is 0.230 e. The molecule has 0 fully saturated rings. The zero-order valence-electron chi connectivity index (χ0n) is 9.86. The predicted octanol–water partition coefficient (Wildman–Crippen LogP) is 5.94. The first kappa shape index (κ1) is 14.3. The summed E-state index contributed by atoms with van der Waals surface area (Å²) in [6.45, 7) is 0. The number of hydrogen-bond donors (Lipinski definition) is 1. The van der Waals surface area contributed by atoms with E-state index in [1.54, 1.807) is 11.3 Å². The van der Waals surface area contributed by atoms with Gasteiger partial charge in [-0.15, -0.1) is 11.3 Å². The van der Waals surface area contributed by atoms with Crippen LogP contribution in [0.2, 0.25) is 0 Å². The predicted molar refractivity (Wildman–Crippen MR) is 92.8 cm³/mol. The summed E-state index contributed by atoms with van der Waals surface area (Å²) in [7, 11) is 0. The third-order valence-corrected chi connectivity index (χ3v) is 6.52. The Morgan fingerprint density at radius 1 is 1.10 bits per heavy atom. The number of benzene rings is 1. The van der Waals surface area contributed by atoms with Gasteiger partial charge < -0.3 is 10.3 Å². The second-order valence-corrected chi connectivity index (χ2v) is 8.15. The molecular formula is C13H7Br3N2OS. The molecule has 0 aliphatic carbocycles. The molecule has 0 saturated heterocycles. The van der Waals surface area contributed by atoms with E-state index in [4.69, 9.17) is 10.3 Å². The van der Waals surface area contributed by atoms with Gasteiger partial charge in [-0.05, 0) is 55.6 Å². The summed E-state index contributed by atoms with van der Waals surface area (Å²) < 4.78 is 8.19. The number of aromatic nitrogens is 1. The fraction of sp³-hybridized carbons (Fsp3) is 0. The molecule has 1 aromatic carbocycles. The summed E-state index contributed by atoms with van der Waals surface area (Å²) in [6, 6.07) is 9.88. The van der Waals surface area contributed by atoms with Crippen LogP contribution < -0.4 is 5.73 Å². The Morgan fingerprint density at radius 3 is 2.40 bits per heavy atom. The monoisotopic (exact) mass is 476 g/mol. The summed E-state index contributed by atoms with van der Waals surface area (Å²) in [5, 5.41) is 4.10. The first-order valence-electron chi connectivity index (χ1n) is 5.52. The third-order valence-electron chi connectivity index (χ3n) is 2.73. The van der Waals surface area contributed by atoms with Gasteiger partial charge in [-0.3, -0.25) is 0 Å². The fourth-order valence-corrected chi connectivity index (χ4v) is 4.12. The first-order chi connectivity index (χ1) is 9.56. The third kappa shape index (κ3) is 2.59. The van der Waals surface area contributed by atoms with E-state index in [-0.39, 0.29) is 0 Å². The van der Waals surface area contributed by atoms with Gasteiger partial charge in [0.15, 0.2) is 0 Å². The lowest BCUT2D eigenvalue weighted by atomic mass is 10.1. The Kier molecular flexibility index (Phi) is 4.03. The van der Waals surface area contributed by atoms with Gasteiger partial charge in [0.1, 0.15) is 5.69 Å². The highest BCUT2D eigenvalue weighted by atomic mass is 79.9. The molecule has 0 atom stereocenters. The number of anilines is 1. The van der Waals surface area contributed by atoms with Gasteiger partial charge in [0.05, 0.1) is 14.2 Å². The van der Waals surface area contributed by atoms with Crippen molar-refractivity contribution in [1.82, 2.24) is 5.16 Å². The molecule has 0 bridgehead atoms. The van der Waals surface area contributed by atoms with Crippen molar-refractivity contribution >= 4 is 65.0 Å². The number of halogens is 3. The molecule has 3 aromatic rings. The number of nitrogens with two attached hydrogens (primary N) is 1. The number of rotatable bonds is 2. The van der Waals surface area contributed by atoms with E-state index in [1.807, 2.05) is 30.3 Å². The maximum atomic E-state index is 5.93. The van der Waals surface area contributed by atoms with Crippen LogP contribution in [0, 0.1) is 0 Å². The minimum absolute atomic E-state index is 0.322. The molecule has 0 spiro atoms. The van der Waals surface area contributed by atoms with Crippen LogP contribution in [-0.2, 0) is 0 Å². The van der Waals surface area contributed by atoms with Crippen LogP contribution in [0.15, 0.2) is 47.6 Å². The van der Waals surface area contributed by atoms with Crippen LogP contribution in [0.4, 0.5) is 5.88 Å². The van der Waals surface area contributed by atoms with Crippen molar-refractivity contribution in [2.75, 3.05) is 5.73 Å². The minimum atomic E-state index is 0.322. The van der Waals surface area contributed by atoms with Crippen LogP contribution in [0.5, 0.6) is 0 Å². The summed E-state index contributed by atoms with van der Waals surface area (Å²) in [6.07, 6.45) is 0. The first-order valence-corrected chi connectivity index (χ1v) is 8.72. The van der Waals surface area contributed by atoms with Crippen molar-refractivity contribution in [2.45, 2.75) is 0 Å². The number of thiophene rings is 1. The second-order valence-electron chi connectivity index (χ2n) is 4.01. The molecule has 7 heteroatoms. The van der Waals surface area contributed by atoms with Crippen molar-refractivity contribution in [3.05, 3.63) is 43.1 Å². The maximum absolute atomic E-state index is 5.93. The summed E-state index contributed by atoms with van der Waals surface area (Å²) in [5.41, 5.74) is 8.48. The van der Waals surface area contributed by atoms with Crippen molar-refractivity contribution in [2.24, 2.45) is 0 Å². The Hall–Kier alpha value is -0.630. The molecule has 0 radical (unpaired) electrons. The molecule has 102 valence electrons. The lowest BCUT2D eigenvalue weighted by molar-refractivity contribution is 0.439. The summed E-state index contributed by atoms with van der Waals surface area (Å²) in [5.74, 6) is 0.322. The minimum Gasteiger partial charge on any atom is -0.367 e. The van der Waals surface area contributed by atoms with E-state index < -0.39 is 0 Å². The molecule has 0 amide bonds. The standard InChI is InChI=1S/C13H7Br3N2OS/c14-7-3-1-6(2-4-7)10-11(18-19-13(10)17)9-5-8(15)12(16)20-9/h1-5H,17H2. The zero-order chi connectivity index (χ0) is 14.3. The molecule has 0 aliphatic heterocycles. The van der Waals surface area contributed by atoms with Gasteiger partial charge in [-0.2, -0.15) is 0 Å². The van der Waals surface area contributed by atoms with Gasteiger partial charge in [-0.25, -0.2) is 0 Å². The van der Waals surface area contributed by atoms with E-state index in [9.17, 15) is 0 Å². The molecule has 2 aromatic heterocycles. The zero-order valence-corrected chi connectivity index (χ0v) is 15.4. The lowest BCUT2D eigenvalue weighted by Crippen LogP contribution is -1.86. The highest BCUT2D eigenvalue weighted by molar-refractivity contribution is 9.13. The highest BCUT2D eigenvalue weighted by Gasteiger charge is 2.19. The van der Waals surface area contributed by atoms with Crippen LogP contribution in [0.3, 0.4) is 0 Å². The number of hydrogen-bond acceptors (Lipinski definition) is 4. The van der Waals surface area contributed by atoms with Gasteiger partial charge in [0.25, 0.3) is 0 Å². The maximum Gasteiger partial charge on any atom is 0.230 e. The van der Waals surface area contributed by atoms with Gasteiger partial charge in [0.2, 0.25) is 5.88 Å². The molecule has 3 rings (SSSR count). The Bertz CT molecular complexity index is 745. The Morgan fingerprint density at radius 2 is 1.80 bits per heavy atom. The number of nitrogen functional groups attached to an aromatic ring is 1. The topological polar surface area (TPSA) is 52.0 Å². The largest absolute Gasteiger partial charge is 0.367 e. The average molecular weight is 479 g/mol. The van der Waals surface area contributed by atoms with Crippen LogP contribution in [0.25, 0.3) is 21.7 Å². The van der Waals surface area contributed by atoms with Crippen molar-refractivity contribution in [1.29, 1.82) is 0 Å². The number of nitrogens with zero attached hydrogens (tertiary/aromatic N) is 1. The van der Waals surface area contributed by atoms with Crippen LogP contribution >= 0.6 is 59.1 Å². The second kappa shape index (κ2) is 5.63. The quantitative estimate of drug-likeness (QED) is 0.496. The summed E-state index contributed by atoms with van der Waals surface area (Å²) in [4.78, 5) is 0.988. The lowest BCUT2D eigenvalue weighted by Gasteiger charge is -2.01. The van der Waals surface area contributed by atoms with E-state index in [1.165, 1.54) is 0 Å². The van der Waals surface area contributed by atoms with Crippen LogP contribution in [0.1, 0.15) is 0 Å². The SMILES string of the molecule is Nc1onc(-c2cc(Br)c(Br)s2)c1-c1ccc(Br)cc1. The van der Waals surface area contributed by atoms with E-state index in [0.717, 1.165) is 34.4 Å². The van der Waals surface area contributed by atoms with E-state index in [0.29, 0.717) is 5.88 Å². The normalized spacial score (nSPS) is 10.9. The molecule has 0 saturated carbocycles. The molecule has 3 nitrogen and oxygen atoms in total. The van der Waals surface area contributed by atoms with Gasteiger partial charge in [-0.1, -0.05) is 33.2 Å². The molecular weight excluding hydrogens is 472 g/mol. The molecule has 0 aliphatic rings. The van der Waals surface area contributed by atoms with E-state index in [2.05, 4.69) is 52.9 Å².